The molecule has 0 bridgehead atoms. The standard InChI is InChI=1S/C14H10BrF2NO2/c1-20-8-5-6-10(15)9(7-8)14(19)18-13-11(16)3-2-4-12(13)17/h2-7H,1H3,(H,18,19). The van der Waals surface area contributed by atoms with Gasteiger partial charge in [0, 0.05) is 4.47 Å². The number of amides is 1. The van der Waals surface area contributed by atoms with Crippen LogP contribution in [0.3, 0.4) is 0 Å². The second-order valence-corrected chi connectivity index (χ2v) is 4.75. The number of carbonyl (C=O) groups excluding carboxylic acids is 1. The molecule has 0 aliphatic heterocycles. The summed E-state index contributed by atoms with van der Waals surface area (Å²) in [6.07, 6.45) is 0. The van der Waals surface area contributed by atoms with Crippen LogP contribution in [0.25, 0.3) is 0 Å². The van der Waals surface area contributed by atoms with Crippen molar-refractivity contribution in [3.8, 4) is 5.75 Å². The number of halogens is 3. The highest BCUT2D eigenvalue weighted by Crippen LogP contribution is 2.25. The van der Waals surface area contributed by atoms with Crippen LogP contribution in [0.1, 0.15) is 10.4 Å². The van der Waals surface area contributed by atoms with E-state index < -0.39 is 23.2 Å². The molecule has 0 saturated carbocycles. The van der Waals surface area contributed by atoms with E-state index in [1.807, 2.05) is 0 Å². The fourth-order valence-corrected chi connectivity index (χ4v) is 2.03. The second-order valence-electron chi connectivity index (χ2n) is 3.90. The van der Waals surface area contributed by atoms with Crippen LogP contribution in [0.4, 0.5) is 14.5 Å². The smallest absolute Gasteiger partial charge is 0.257 e. The number of methoxy groups -OCH3 is 1. The maximum atomic E-state index is 13.5. The van der Waals surface area contributed by atoms with Crippen molar-refractivity contribution in [1.29, 1.82) is 0 Å². The van der Waals surface area contributed by atoms with Gasteiger partial charge in [-0.05, 0) is 46.3 Å². The molecule has 0 saturated heterocycles. The summed E-state index contributed by atoms with van der Waals surface area (Å²) in [6, 6.07) is 8.11. The van der Waals surface area contributed by atoms with E-state index >= 15 is 0 Å². The molecule has 0 aliphatic rings. The molecule has 0 fully saturated rings. The predicted molar refractivity (Wildman–Crippen MR) is 75.0 cm³/mol. The van der Waals surface area contributed by atoms with Crippen LogP contribution in [-0.2, 0) is 0 Å². The summed E-state index contributed by atoms with van der Waals surface area (Å²) in [5.74, 6) is -1.85. The van der Waals surface area contributed by atoms with Gasteiger partial charge >= 0.3 is 0 Å². The van der Waals surface area contributed by atoms with E-state index in [0.29, 0.717) is 10.2 Å². The molecule has 3 nitrogen and oxygen atoms in total. The molecular weight excluding hydrogens is 332 g/mol. The summed E-state index contributed by atoms with van der Waals surface area (Å²) >= 11 is 3.21. The molecule has 2 rings (SSSR count). The summed E-state index contributed by atoms with van der Waals surface area (Å²) < 4.78 is 32.5. The van der Waals surface area contributed by atoms with E-state index in [1.165, 1.54) is 19.2 Å². The molecule has 1 amide bonds. The minimum atomic E-state index is -0.836. The Hall–Kier alpha value is -1.95. The van der Waals surface area contributed by atoms with Crippen LogP contribution in [0, 0.1) is 11.6 Å². The minimum absolute atomic E-state index is 0.215. The average Bonchev–Trinajstić information content (AvgIpc) is 2.43. The number of anilines is 1. The molecule has 0 aliphatic carbocycles. The number of para-hydroxylation sites is 1. The molecular formula is C14H10BrF2NO2. The Bertz CT molecular complexity index is 641. The highest BCUT2D eigenvalue weighted by molar-refractivity contribution is 9.10. The Labute approximate surface area is 122 Å². The van der Waals surface area contributed by atoms with E-state index in [-0.39, 0.29) is 5.56 Å². The van der Waals surface area contributed by atoms with Gasteiger partial charge in [-0.2, -0.15) is 0 Å². The fourth-order valence-electron chi connectivity index (χ4n) is 1.60. The molecule has 2 aromatic rings. The van der Waals surface area contributed by atoms with Crippen molar-refractivity contribution in [1.82, 2.24) is 0 Å². The normalized spacial score (nSPS) is 10.2. The van der Waals surface area contributed by atoms with Crippen molar-refractivity contribution in [2.75, 3.05) is 12.4 Å². The summed E-state index contributed by atoms with van der Waals surface area (Å²) in [7, 11) is 1.46. The maximum Gasteiger partial charge on any atom is 0.257 e. The summed E-state index contributed by atoms with van der Waals surface area (Å²) in [4.78, 5) is 12.1. The van der Waals surface area contributed by atoms with Crippen molar-refractivity contribution in [2.24, 2.45) is 0 Å². The van der Waals surface area contributed by atoms with Crippen LogP contribution in [-0.4, -0.2) is 13.0 Å². The molecule has 0 radical (unpaired) electrons. The van der Waals surface area contributed by atoms with E-state index in [4.69, 9.17) is 4.74 Å². The number of hydrogen-bond donors (Lipinski definition) is 1. The molecule has 6 heteroatoms. The van der Waals surface area contributed by atoms with Crippen molar-refractivity contribution >= 4 is 27.5 Å². The Kier molecular flexibility index (Phi) is 4.34. The Balaban J connectivity index is 2.33. The first kappa shape index (κ1) is 14.5. The zero-order chi connectivity index (χ0) is 14.7. The van der Waals surface area contributed by atoms with Crippen molar-refractivity contribution in [3.63, 3.8) is 0 Å². The first-order valence-corrected chi connectivity index (χ1v) is 6.41. The van der Waals surface area contributed by atoms with Gasteiger partial charge in [0.1, 0.15) is 23.1 Å². The topological polar surface area (TPSA) is 38.3 Å². The van der Waals surface area contributed by atoms with Gasteiger partial charge in [-0.15, -0.1) is 0 Å². The molecule has 1 N–H and O–H groups in total. The molecule has 2 aromatic carbocycles. The molecule has 104 valence electrons. The minimum Gasteiger partial charge on any atom is -0.497 e. The summed E-state index contributed by atoms with van der Waals surface area (Å²) in [6.45, 7) is 0. The Morgan fingerprint density at radius 2 is 1.85 bits per heavy atom. The van der Waals surface area contributed by atoms with E-state index in [0.717, 1.165) is 12.1 Å². The highest BCUT2D eigenvalue weighted by Gasteiger charge is 2.16. The lowest BCUT2D eigenvalue weighted by atomic mass is 10.2. The van der Waals surface area contributed by atoms with Gasteiger partial charge in [-0.25, -0.2) is 8.78 Å². The first-order valence-electron chi connectivity index (χ1n) is 5.62. The second kappa shape index (κ2) is 6.00. The van der Waals surface area contributed by atoms with Crippen molar-refractivity contribution < 1.29 is 18.3 Å². The third kappa shape index (κ3) is 2.96. The van der Waals surface area contributed by atoms with Gasteiger partial charge in [0.2, 0.25) is 0 Å². The average molecular weight is 342 g/mol. The third-order valence-electron chi connectivity index (χ3n) is 2.62. The highest BCUT2D eigenvalue weighted by atomic mass is 79.9. The van der Waals surface area contributed by atoms with E-state index in [1.54, 1.807) is 12.1 Å². The van der Waals surface area contributed by atoms with E-state index in [9.17, 15) is 13.6 Å². The zero-order valence-corrected chi connectivity index (χ0v) is 12.0. The van der Waals surface area contributed by atoms with Crippen LogP contribution in [0.5, 0.6) is 5.75 Å². The van der Waals surface area contributed by atoms with Crippen LogP contribution >= 0.6 is 15.9 Å². The van der Waals surface area contributed by atoms with Gasteiger partial charge in [-0.3, -0.25) is 4.79 Å². The quantitative estimate of drug-likeness (QED) is 0.916. The van der Waals surface area contributed by atoms with Gasteiger partial charge < -0.3 is 10.1 Å². The lowest BCUT2D eigenvalue weighted by Crippen LogP contribution is -2.15. The molecule has 0 spiro atoms. The summed E-state index contributed by atoms with van der Waals surface area (Å²) in [5.41, 5.74) is -0.265. The number of carbonyl (C=O) groups is 1. The SMILES string of the molecule is COc1ccc(Br)c(C(=O)Nc2c(F)cccc2F)c1. The Morgan fingerprint density at radius 3 is 2.45 bits per heavy atom. The van der Waals surface area contributed by atoms with Crippen molar-refractivity contribution in [2.45, 2.75) is 0 Å². The summed E-state index contributed by atoms with van der Waals surface area (Å²) in [5, 5.41) is 2.21. The van der Waals surface area contributed by atoms with Crippen LogP contribution in [0.2, 0.25) is 0 Å². The number of nitrogens with one attached hydrogen (secondary N) is 1. The Morgan fingerprint density at radius 1 is 1.20 bits per heavy atom. The van der Waals surface area contributed by atoms with Crippen LogP contribution < -0.4 is 10.1 Å². The molecule has 0 heterocycles. The lowest BCUT2D eigenvalue weighted by Gasteiger charge is -2.10. The van der Waals surface area contributed by atoms with Crippen LogP contribution in [0.15, 0.2) is 40.9 Å². The molecule has 0 atom stereocenters. The number of benzene rings is 2. The number of rotatable bonds is 3. The third-order valence-corrected chi connectivity index (χ3v) is 3.31. The zero-order valence-electron chi connectivity index (χ0n) is 10.4. The van der Waals surface area contributed by atoms with Gasteiger partial charge in [-0.1, -0.05) is 6.07 Å². The number of ether oxygens (including phenoxy) is 1. The van der Waals surface area contributed by atoms with Crippen molar-refractivity contribution in [3.05, 3.63) is 58.1 Å². The number of hydrogen-bond acceptors (Lipinski definition) is 2. The van der Waals surface area contributed by atoms with Gasteiger partial charge in [0.05, 0.1) is 12.7 Å². The first-order chi connectivity index (χ1) is 9.52. The molecule has 20 heavy (non-hydrogen) atoms. The molecule has 0 aromatic heterocycles. The van der Waals surface area contributed by atoms with Gasteiger partial charge in [0.25, 0.3) is 5.91 Å². The monoisotopic (exact) mass is 341 g/mol. The lowest BCUT2D eigenvalue weighted by molar-refractivity contribution is 0.102. The maximum absolute atomic E-state index is 13.5. The molecule has 0 unspecified atom stereocenters. The van der Waals surface area contributed by atoms with Gasteiger partial charge in [0.15, 0.2) is 0 Å². The largest absolute Gasteiger partial charge is 0.497 e. The fraction of sp³-hybridized carbons (Fsp3) is 0.0714. The van der Waals surface area contributed by atoms with E-state index in [2.05, 4.69) is 21.2 Å². The predicted octanol–water partition coefficient (Wildman–Crippen LogP) is 3.99.